The van der Waals surface area contributed by atoms with E-state index in [0.717, 1.165) is 0 Å². The number of aromatic nitrogens is 4. The fraction of sp³-hybridized carbons (Fsp3) is 0.455. The number of nitrogens with zero attached hydrogens (tertiary/aromatic N) is 2. The molecule has 0 spiro atoms. The first-order valence-corrected chi connectivity index (χ1v) is 12.6. The van der Waals surface area contributed by atoms with Crippen molar-refractivity contribution in [1.82, 2.24) is 41.2 Å². The molecule has 2 aromatic heterocycles. The zero-order chi connectivity index (χ0) is 29.7. The van der Waals surface area contributed by atoms with Crippen molar-refractivity contribution in [2.75, 3.05) is 12.3 Å². The Morgan fingerprint density at radius 3 is 1.77 bits per heavy atom. The second kappa shape index (κ2) is 15.8. The van der Waals surface area contributed by atoms with E-state index in [1.54, 1.807) is 0 Å². The molecule has 2 aromatic rings. The molecule has 0 radical (unpaired) electrons. The van der Waals surface area contributed by atoms with Gasteiger partial charge in [0.2, 0.25) is 23.6 Å². The van der Waals surface area contributed by atoms with E-state index in [1.165, 1.54) is 25.0 Å². The van der Waals surface area contributed by atoms with Crippen molar-refractivity contribution in [3.05, 3.63) is 36.4 Å². The Bertz CT molecular complexity index is 1160. The third-order valence-corrected chi connectivity index (χ3v) is 5.87. The molecule has 0 unspecified atom stereocenters. The van der Waals surface area contributed by atoms with Crippen molar-refractivity contribution in [3.8, 4) is 0 Å². The SMILES string of the molecule is NCC(=O)N[C@@H](CS)C(=O)N[C@@H](CCC(=O)O)C(=O)N[C@@H](Cc1cnc[nH]1)C(=O)N[C@@H](Cc1cnc[nH]1)C(=O)O. The number of carbonyl (C=O) groups excluding carboxylic acids is 4. The number of aromatic amines is 2. The van der Waals surface area contributed by atoms with Gasteiger partial charge in [-0.15, -0.1) is 0 Å². The van der Waals surface area contributed by atoms with Crippen molar-refractivity contribution in [3.63, 3.8) is 0 Å². The summed E-state index contributed by atoms with van der Waals surface area (Å²) in [5.41, 5.74) is 6.12. The van der Waals surface area contributed by atoms with Gasteiger partial charge in [-0.3, -0.25) is 24.0 Å². The molecule has 40 heavy (non-hydrogen) atoms. The lowest BCUT2D eigenvalue weighted by atomic mass is 10.1. The Hall–Kier alpha value is -4.45. The molecule has 0 aliphatic carbocycles. The zero-order valence-electron chi connectivity index (χ0n) is 21.1. The van der Waals surface area contributed by atoms with Crippen molar-refractivity contribution in [1.29, 1.82) is 0 Å². The summed E-state index contributed by atoms with van der Waals surface area (Å²) in [6.45, 7) is -0.400. The van der Waals surface area contributed by atoms with Crippen LogP contribution < -0.4 is 27.0 Å². The van der Waals surface area contributed by atoms with Crippen molar-refractivity contribution >= 4 is 48.2 Å². The summed E-state index contributed by atoms with van der Waals surface area (Å²) in [4.78, 5) is 86.9. The van der Waals surface area contributed by atoms with Crippen LogP contribution in [0.4, 0.5) is 0 Å². The number of hydrogen-bond donors (Lipinski definition) is 10. The van der Waals surface area contributed by atoms with Crippen LogP contribution >= 0.6 is 12.6 Å². The van der Waals surface area contributed by atoms with E-state index in [9.17, 15) is 33.9 Å². The fourth-order valence-electron chi connectivity index (χ4n) is 3.44. The molecule has 18 heteroatoms. The Kier molecular flexibility index (Phi) is 12.6. The maximum Gasteiger partial charge on any atom is 0.326 e. The first-order chi connectivity index (χ1) is 19.0. The van der Waals surface area contributed by atoms with Gasteiger partial charge in [0.15, 0.2) is 0 Å². The Morgan fingerprint density at radius 2 is 1.30 bits per heavy atom. The van der Waals surface area contributed by atoms with E-state index in [2.05, 4.69) is 53.8 Å². The minimum atomic E-state index is -1.43. The molecule has 4 amide bonds. The summed E-state index contributed by atoms with van der Waals surface area (Å²) in [5.74, 6) is -5.99. The molecule has 0 fully saturated rings. The molecule has 0 aromatic carbocycles. The van der Waals surface area contributed by atoms with Gasteiger partial charge >= 0.3 is 11.9 Å². The van der Waals surface area contributed by atoms with Crippen molar-refractivity contribution < 1.29 is 39.0 Å². The number of H-pyrrole nitrogens is 2. The summed E-state index contributed by atoms with van der Waals surface area (Å²) in [6.07, 6.45) is 4.36. The summed E-state index contributed by atoms with van der Waals surface area (Å²) >= 11 is 4.01. The Balaban J connectivity index is 2.22. The molecule has 0 aliphatic rings. The minimum absolute atomic E-state index is 0.122. The summed E-state index contributed by atoms with van der Waals surface area (Å²) in [7, 11) is 0. The van der Waals surface area contributed by atoms with Crippen LogP contribution in [0.15, 0.2) is 25.0 Å². The van der Waals surface area contributed by atoms with Crippen LogP contribution in [0.2, 0.25) is 0 Å². The van der Waals surface area contributed by atoms with Gasteiger partial charge in [-0.25, -0.2) is 14.8 Å². The Labute approximate surface area is 232 Å². The van der Waals surface area contributed by atoms with E-state index >= 15 is 0 Å². The smallest absolute Gasteiger partial charge is 0.326 e. The van der Waals surface area contributed by atoms with Gasteiger partial charge in [-0.05, 0) is 6.42 Å². The molecule has 0 aliphatic heterocycles. The molecule has 0 saturated carbocycles. The average Bonchev–Trinajstić information content (AvgIpc) is 3.62. The van der Waals surface area contributed by atoms with Crippen LogP contribution in [0.25, 0.3) is 0 Å². The molecule has 218 valence electrons. The van der Waals surface area contributed by atoms with Gasteiger partial charge < -0.3 is 47.2 Å². The number of imidazole rings is 2. The highest BCUT2D eigenvalue weighted by Crippen LogP contribution is 2.06. The molecule has 10 N–H and O–H groups in total. The Morgan fingerprint density at radius 1 is 0.800 bits per heavy atom. The van der Waals surface area contributed by atoms with Crippen LogP contribution in [0, 0.1) is 0 Å². The number of aliphatic carboxylic acids is 2. The first kappa shape index (κ1) is 31.8. The number of rotatable bonds is 17. The third-order valence-electron chi connectivity index (χ3n) is 5.50. The second-order valence-electron chi connectivity index (χ2n) is 8.52. The number of nitrogens with two attached hydrogens (primary N) is 1. The fourth-order valence-corrected chi connectivity index (χ4v) is 3.70. The third kappa shape index (κ3) is 10.4. The number of thiol groups is 1. The quantitative estimate of drug-likeness (QED) is 0.0826. The topological polar surface area (TPSA) is 274 Å². The van der Waals surface area contributed by atoms with E-state index in [1.807, 2.05) is 0 Å². The normalized spacial score (nSPS) is 13.8. The van der Waals surface area contributed by atoms with Crippen LogP contribution in [0.1, 0.15) is 24.2 Å². The zero-order valence-corrected chi connectivity index (χ0v) is 22.0. The highest BCUT2D eigenvalue weighted by molar-refractivity contribution is 7.80. The standard InChI is InChI=1S/C22H31N9O8S/c23-5-17(32)28-16(8-40)21(37)29-13(1-2-18(33)34)19(35)30-14(3-11-6-24-9-26-11)20(36)31-15(22(38)39)4-12-7-25-10-27-12/h6-7,9-10,13-16,40H,1-5,8,23H2,(H,24,26)(H,25,27)(H,28,32)(H,29,37)(H,30,35)(H,31,36)(H,33,34)(H,38,39)/t13-,14-,15-,16-/m0/s1. The predicted molar refractivity (Wildman–Crippen MR) is 140 cm³/mol. The largest absolute Gasteiger partial charge is 0.481 e. The number of carboxylic acids is 2. The van der Waals surface area contributed by atoms with E-state index in [0.29, 0.717) is 11.4 Å². The maximum absolute atomic E-state index is 13.2. The molecule has 0 bridgehead atoms. The molecule has 2 heterocycles. The molecular weight excluding hydrogens is 550 g/mol. The first-order valence-electron chi connectivity index (χ1n) is 11.9. The highest BCUT2D eigenvalue weighted by Gasteiger charge is 2.32. The number of hydrogen-bond acceptors (Lipinski definition) is 10. The average molecular weight is 582 g/mol. The number of amides is 4. The molecule has 2 rings (SSSR count). The summed E-state index contributed by atoms with van der Waals surface area (Å²) in [6, 6.07) is -5.34. The highest BCUT2D eigenvalue weighted by atomic mass is 32.1. The summed E-state index contributed by atoms with van der Waals surface area (Å²) in [5, 5.41) is 28.2. The van der Waals surface area contributed by atoms with Gasteiger partial charge in [-0.1, -0.05) is 0 Å². The summed E-state index contributed by atoms with van der Waals surface area (Å²) < 4.78 is 0. The van der Waals surface area contributed by atoms with Crippen LogP contribution in [-0.4, -0.2) is 102 Å². The number of carbonyl (C=O) groups is 6. The van der Waals surface area contributed by atoms with E-state index in [-0.39, 0.29) is 25.0 Å². The lowest BCUT2D eigenvalue weighted by molar-refractivity contribution is -0.142. The van der Waals surface area contributed by atoms with Crippen molar-refractivity contribution in [2.24, 2.45) is 5.73 Å². The van der Waals surface area contributed by atoms with Gasteiger partial charge in [0.25, 0.3) is 0 Å². The lowest BCUT2D eigenvalue weighted by Crippen LogP contribution is -2.59. The van der Waals surface area contributed by atoms with Gasteiger partial charge in [0, 0.05) is 48.8 Å². The van der Waals surface area contributed by atoms with Gasteiger partial charge in [0.05, 0.1) is 19.2 Å². The second-order valence-corrected chi connectivity index (χ2v) is 8.89. The number of carboxylic acid groups (broad SMARTS) is 2. The molecule has 0 saturated heterocycles. The maximum atomic E-state index is 13.2. The molecule has 17 nitrogen and oxygen atoms in total. The van der Waals surface area contributed by atoms with Gasteiger partial charge in [-0.2, -0.15) is 12.6 Å². The van der Waals surface area contributed by atoms with E-state index in [4.69, 9.17) is 10.8 Å². The predicted octanol–water partition coefficient (Wildman–Crippen LogP) is -3.30. The van der Waals surface area contributed by atoms with E-state index < -0.39 is 72.7 Å². The van der Waals surface area contributed by atoms with Crippen molar-refractivity contribution in [2.45, 2.75) is 49.9 Å². The minimum Gasteiger partial charge on any atom is -0.481 e. The van der Waals surface area contributed by atoms with Crippen LogP contribution in [-0.2, 0) is 41.6 Å². The lowest BCUT2D eigenvalue weighted by Gasteiger charge is -2.25. The van der Waals surface area contributed by atoms with Crippen LogP contribution in [0.3, 0.4) is 0 Å². The molecular formula is C22H31N9O8S. The van der Waals surface area contributed by atoms with Gasteiger partial charge in [0.1, 0.15) is 24.2 Å². The van der Waals surface area contributed by atoms with Crippen LogP contribution in [0.5, 0.6) is 0 Å². The molecule has 4 atom stereocenters. The monoisotopic (exact) mass is 581 g/mol. The number of nitrogens with one attached hydrogen (secondary N) is 6.